The molecule has 1 amide bonds. The molecule has 8 nitrogen and oxygen atoms in total. The zero-order valence-corrected chi connectivity index (χ0v) is 15.3. The van der Waals surface area contributed by atoms with Crippen molar-refractivity contribution in [3.63, 3.8) is 0 Å². The summed E-state index contributed by atoms with van der Waals surface area (Å²) in [6.07, 6.45) is 2.67. The van der Waals surface area contributed by atoms with Crippen LogP contribution in [0.1, 0.15) is 26.4 Å². The van der Waals surface area contributed by atoms with E-state index in [0.29, 0.717) is 5.56 Å². The molecule has 0 saturated carbocycles. The SMILES string of the molecule is Cn1cc(C(=O)O)c(C(=O)Nc2nn(Cc3ccc(F)cc3Cl)cc2Cl)n1. The summed E-state index contributed by atoms with van der Waals surface area (Å²) in [6.45, 7) is 0.193. The summed E-state index contributed by atoms with van der Waals surface area (Å²) >= 11 is 12.1. The van der Waals surface area contributed by atoms with Crippen molar-refractivity contribution in [2.45, 2.75) is 6.54 Å². The molecule has 140 valence electrons. The topological polar surface area (TPSA) is 102 Å². The van der Waals surface area contributed by atoms with E-state index in [9.17, 15) is 14.0 Å². The van der Waals surface area contributed by atoms with Crippen LogP contribution in [0.25, 0.3) is 0 Å². The third kappa shape index (κ3) is 4.09. The van der Waals surface area contributed by atoms with Gasteiger partial charge in [0.05, 0.1) is 6.54 Å². The second-order valence-electron chi connectivity index (χ2n) is 5.58. The molecule has 0 atom stereocenters. The van der Waals surface area contributed by atoms with E-state index >= 15 is 0 Å². The number of amides is 1. The number of aromatic nitrogens is 4. The van der Waals surface area contributed by atoms with Gasteiger partial charge in [-0.15, -0.1) is 0 Å². The number of benzene rings is 1. The lowest BCUT2D eigenvalue weighted by Gasteiger charge is -2.05. The molecule has 0 radical (unpaired) electrons. The van der Waals surface area contributed by atoms with Crippen LogP contribution in [0, 0.1) is 5.82 Å². The summed E-state index contributed by atoms with van der Waals surface area (Å²) in [5.74, 6) is -2.47. The van der Waals surface area contributed by atoms with Gasteiger partial charge in [0, 0.05) is 24.5 Å². The average molecular weight is 412 g/mol. The largest absolute Gasteiger partial charge is 0.478 e. The smallest absolute Gasteiger partial charge is 0.339 e. The van der Waals surface area contributed by atoms with E-state index < -0.39 is 17.7 Å². The number of anilines is 1. The van der Waals surface area contributed by atoms with Crippen molar-refractivity contribution in [1.82, 2.24) is 19.6 Å². The Kier molecular flexibility index (Phi) is 5.15. The second-order valence-corrected chi connectivity index (χ2v) is 6.40. The Balaban J connectivity index is 1.81. The molecule has 0 aliphatic carbocycles. The van der Waals surface area contributed by atoms with Crippen LogP contribution in [0.2, 0.25) is 10.0 Å². The minimum absolute atomic E-state index is 0.0295. The standard InChI is InChI=1S/C16H12Cl2FN5O3/c1-23-6-10(16(26)27)13(21-23)15(25)20-14-12(18)7-24(22-14)5-8-2-3-9(19)4-11(8)17/h2-4,6-7H,5H2,1H3,(H,26,27)(H,20,22,25). The average Bonchev–Trinajstić information content (AvgIpc) is 3.13. The van der Waals surface area contributed by atoms with Crippen molar-refractivity contribution in [2.24, 2.45) is 7.05 Å². The molecule has 11 heteroatoms. The first-order chi connectivity index (χ1) is 12.7. The van der Waals surface area contributed by atoms with E-state index in [1.165, 1.54) is 47.0 Å². The summed E-state index contributed by atoms with van der Waals surface area (Å²) in [7, 11) is 1.50. The summed E-state index contributed by atoms with van der Waals surface area (Å²) < 4.78 is 15.8. The number of halogens is 3. The fraction of sp³-hybridized carbons (Fsp3) is 0.125. The highest BCUT2D eigenvalue weighted by atomic mass is 35.5. The van der Waals surface area contributed by atoms with Gasteiger partial charge in [0.15, 0.2) is 11.5 Å². The number of hydrogen-bond acceptors (Lipinski definition) is 4. The van der Waals surface area contributed by atoms with E-state index in [1.54, 1.807) is 0 Å². The first-order valence-corrected chi connectivity index (χ1v) is 8.25. The first kappa shape index (κ1) is 18.9. The maximum absolute atomic E-state index is 13.1. The minimum Gasteiger partial charge on any atom is -0.478 e. The van der Waals surface area contributed by atoms with Gasteiger partial charge in [-0.1, -0.05) is 29.3 Å². The Morgan fingerprint density at radius 1 is 1.22 bits per heavy atom. The number of nitrogens with zero attached hydrogens (tertiary/aromatic N) is 4. The number of hydrogen-bond donors (Lipinski definition) is 2. The molecule has 0 bridgehead atoms. The fourth-order valence-corrected chi connectivity index (χ4v) is 2.79. The zero-order valence-electron chi connectivity index (χ0n) is 13.8. The number of carboxylic acids is 1. The van der Waals surface area contributed by atoms with Gasteiger partial charge in [0.1, 0.15) is 16.4 Å². The molecule has 0 spiro atoms. The van der Waals surface area contributed by atoms with Gasteiger partial charge in [0.25, 0.3) is 5.91 Å². The van der Waals surface area contributed by atoms with Crippen LogP contribution in [0.15, 0.2) is 30.6 Å². The lowest BCUT2D eigenvalue weighted by atomic mass is 10.2. The number of carboxylic acid groups (broad SMARTS) is 1. The van der Waals surface area contributed by atoms with Gasteiger partial charge in [-0.2, -0.15) is 10.2 Å². The zero-order chi connectivity index (χ0) is 19.7. The van der Waals surface area contributed by atoms with Gasteiger partial charge in [-0.25, -0.2) is 9.18 Å². The number of nitrogens with one attached hydrogen (secondary N) is 1. The van der Waals surface area contributed by atoms with E-state index in [1.807, 2.05) is 0 Å². The van der Waals surface area contributed by atoms with Crippen molar-refractivity contribution >= 4 is 40.9 Å². The quantitative estimate of drug-likeness (QED) is 0.671. The van der Waals surface area contributed by atoms with Crippen LogP contribution >= 0.6 is 23.2 Å². The van der Waals surface area contributed by atoms with Crippen molar-refractivity contribution in [1.29, 1.82) is 0 Å². The molecule has 0 aliphatic heterocycles. The molecule has 0 fully saturated rings. The van der Waals surface area contributed by atoms with Crippen LogP contribution in [-0.4, -0.2) is 36.5 Å². The molecule has 2 aromatic heterocycles. The van der Waals surface area contributed by atoms with Crippen LogP contribution < -0.4 is 5.32 Å². The summed E-state index contributed by atoms with van der Waals surface area (Å²) in [5, 5.41) is 19.9. The third-order valence-corrected chi connectivity index (χ3v) is 4.20. The molecular weight excluding hydrogens is 400 g/mol. The molecule has 1 aromatic carbocycles. The lowest BCUT2D eigenvalue weighted by molar-refractivity contribution is 0.0692. The van der Waals surface area contributed by atoms with E-state index in [2.05, 4.69) is 15.5 Å². The van der Waals surface area contributed by atoms with Gasteiger partial charge >= 0.3 is 5.97 Å². The summed E-state index contributed by atoms with van der Waals surface area (Å²) in [4.78, 5) is 23.5. The predicted molar refractivity (Wildman–Crippen MR) is 95.9 cm³/mol. The maximum atomic E-state index is 13.1. The molecule has 0 aliphatic rings. The number of rotatable bonds is 5. The molecular formula is C16H12Cl2FN5O3. The van der Waals surface area contributed by atoms with E-state index in [4.69, 9.17) is 28.3 Å². The Morgan fingerprint density at radius 3 is 2.63 bits per heavy atom. The Bertz CT molecular complexity index is 1050. The highest BCUT2D eigenvalue weighted by Gasteiger charge is 2.22. The van der Waals surface area contributed by atoms with E-state index in [0.717, 1.165) is 0 Å². The Hall–Kier alpha value is -2.91. The highest BCUT2D eigenvalue weighted by Crippen LogP contribution is 2.23. The molecule has 3 aromatic rings. The molecule has 3 rings (SSSR count). The molecule has 0 saturated heterocycles. The number of aryl methyl sites for hydroxylation is 1. The Morgan fingerprint density at radius 2 is 1.96 bits per heavy atom. The minimum atomic E-state index is -1.28. The number of carbonyl (C=O) groups is 2. The normalized spacial score (nSPS) is 10.8. The maximum Gasteiger partial charge on any atom is 0.339 e. The van der Waals surface area contributed by atoms with Gasteiger partial charge < -0.3 is 10.4 Å². The summed E-state index contributed by atoms with van der Waals surface area (Å²) in [5.41, 5.74) is 0.0915. The van der Waals surface area contributed by atoms with Gasteiger partial charge in [-0.05, 0) is 17.7 Å². The lowest BCUT2D eigenvalue weighted by Crippen LogP contribution is -2.17. The molecule has 2 heterocycles. The highest BCUT2D eigenvalue weighted by molar-refractivity contribution is 6.33. The predicted octanol–water partition coefficient (Wildman–Crippen LogP) is 3.06. The first-order valence-electron chi connectivity index (χ1n) is 7.49. The van der Waals surface area contributed by atoms with Crippen LogP contribution in [0.5, 0.6) is 0 Å². The van der Waals surface area contributed by atoms with Crippen LogP contribution in [0.3, 0.4) is 0 Å². The fourth-order valence-electron chi connectivity index (χ4n) is 2.37. The van der Waals surface area contributed by atoms with Gasteiger partial charge in [-0.3, -0.25) is 14.2 Å². The summed E-state index contributed by atoms with van der Waals surface area (Å²) in [6, 6.07) is 3.96. The van der Waals surface area contributed by atoms with Gasteiger partial charge in [0.2, 0.25) is 0 Å². The van der Waals surface area contributed by atoms with Crippen LogP contribution in [0.4, 0.5) is 10.2 Å². The second kappa shape index (κ2) is 7.37. The molecule has 2 N–H and O–H groups in total. The van der Waals surface area contributed by atoms with Crippen molar-refractivity contribution in [2.75, 3.05) is 5.32 Å². The molecule has 27 heavy (non-hydrogen) atoms. The van der Waals surface area contributed by atoms with Crippen molar-refractivity contribution in [3.05, 3.63) is 63.3 Å². The molecule has 0 unspecified atom stereocenters. The Labute approximate surface area is 162 Å². The van der Waals surface area contributed by atoms with Crippen molar-refractivity contribution in [3.8, 4) is 0 Å². The van der Waals surface area contributed by atoms with Crippen LogP contribution in [-0.2, 0) is 13.6 Å². The van der Waals surface area contributed by atoms with E-state index in [-0.39, 0.29) is 33.7 Å². The third-order valence-electron chi connectivity index (χ3n) is 3.57. The monoisotopic (exact) mass is 411 g/mol. The number of aromatic carboxylic acids is 1. The van der Waals surface area contributed by atoms with Crippen molar-refractivity contribution < 1.29 is 19.1 Å². The number of carbonyl (C=O) groups excluding carboxylic acids is 1.